The van der Waals surface area contributed by atoms with Crippen LogP contribution in [0, 0.1) is 0 Å². The highest BCUT2D eigenvalue weighted by Gasteiger charge is 2.18. The summed E-state index contributed by atoms with van der Waals surface area (Å²) in [6.07, 6.45) is 3.53. The molecule has 0 fully saturated rings. The second kappa shape index (κ2) is 9.07. The Labute approximate surface area is 162 Å². The topological polar surface area (TPSA) is 36.4 Å². The molecule has 0 saturated carbocycles. The van der Waals surface area contributed by atoms with Crippen LogP contribution in [0.5, 0.6) is 0 Å². The van der Waals surface area contributed by atoms with Crippen LogP contribution in [0.25, 0.3) is 16.3 Å². The summed E-state index contributed by atoms with van der Waals surface area (Å²) in [6.45, 7) is 7.71. The maximum atomic E-state index is 12.9. The molecule has 0 spiro atoms. The number of carbonyl (C=O) groups excluding carboxylic acids is 1. The van der Waals surface area contributed by atoms with Crippen molar-refractivity contribution in [2.45, 2.75) is 13.8 Å². The van der Waals surface area contributed by atoms with Gasteiger partial charge in [0.05, 0.1) is 10.2 Å². The second-order valence-electron chi connectivity index (χ2n) is 5.83. The number of thiazole rings is 1. The SMILES string of the molecule is CCN(CC)CCN(C(=O)/C=C/c1cccs1)c1nc2ccccc2s1. The zero-order valence-corrected chi connectivity index (χ0v) is 16.7. The lowest BCUT2D eigenvalue weighted by atomic mass is 10.3. The minimum absolute atomic E-state index is 0.0235. The van der Waals surface area contributed by atoms with E-state index < -0.39 is 0 Å². The van der Waals surface area contributed by atoms with E-state index in [1.165, 1.54) is 0 Å². The maximum Gasteiger partial charge on any atom is 0.252 e. The Bertz CT molecular complexity index is 833. The second-order valence-corrected chi connectivity index (χ2v) is 7.82. The molecule has 26 heavy (non-hydrogen) atoms. The van der Waals surface area contributed by atoms with E-state index in [0.717, 1.165) is 39.9 Å². The Morgan fingerprint density at radius 1 is 1.12 bits per heavy atom. The van der Waals surface area contributed by atoms with Crippen molar-refractivity contribution in [3.05, 3.63) is 52.7 Å². The molecule has 0 unspecified atom stereocenters. The molecule has 4 nitrogen and oxygen atoms in total. The largest absolute Gasteiger partial charge is 0.302 e. The summed E-state index contributed by atoms with van der Waals surface area (Å²) in [7, 11) is 0. The smallest absolute Gasteiger partial charge is 0.252 e. The van der Waals surface area contributed by atoms with Crippen LogP contribution in [-0.2, 0) is 4.79 Å². The summed E-state index contributed by atoms with van der Waals surface area (Å²) in [5.41, 5.74) is 0.940. The highest BCUT2D eigenvalue weighted by Crippen LogP contribution is 2.29. The average molecular weight is 386 g/mol. The first-order valence-electron chi connectivity index (χ1n) is 8.82. The van der Waals surface area contributed by atoms with Gasteiger partial charge in [-0.05, 0) is 42.7 Å². The Kier molecular flexibility index (Phi) is 6.55. The molecule has 0 N–H and O–H groups in total. The van der Waals surface area contributed by atoms with Crippen molar-refractivity contribution in [1.82, 2.24) is 9.88 Å². The summed E-state index contributed by atoms with van der Waals surface area (Å²) in [4.78, 5) is 22.8. The third kappa shape index (κ3) is 4.58. The van der Waals surface area contributed by atoms with Crippen molar-refractivity contribution in [3.63, 3.8) is 0 Å². The van der Waals surface area contributed by atoms with E-state index in [2.05, 4.69) is 23.7 Å². The molecule has 0 bridgehead atoms. The number of rotatable bonds is 8. The monoisotopic (exact) mass is 385 g/mol. The normalized spacial score (nSPS) is 11.7. The van der Waals surface area contributed by atoms with Crippen molar-refractivity contribution in [2.75, 3.05) is 31.1 Å². The van der Waals surface area contributed by atoms with Crippen molar-refractivity contribution in [3.8, 4) is 0 Å². The Morgan fingerprint density at radius 3 is 2.62 bits per heavy atom. The zero-order valence-electron chi connectivity index (χ0n) is 15.1. The van der Waals surface area contributed by atoms with Gasteiger partial charge in [0.2, 0.25) is 0 Å². The van der Waals surface area contributed by atoms with E-state index in [1.807, 2.05) is 47.9 Å². The van der Waals surface area contributed by atoms with Crippen molar-refractivity contribution < 1.29 is 4.79 Å². The zero-order chi connectivity index (χ0) is 18.4. The number of hydrogen-bond donors (Lipinski definition) is 0. The molecule has 2 heterocycles. The van der Waals surface area contributed by atoms with Gasteiger partial charge in [0.15, 0.2) is 5.13 Å². The fourth-order valence-corrected chi connectivity index (χ4v) is 4.30. The maximum absolute atomic E-state index is 12.9. The van der Waals surface area contributed by atoms with E-state index in [-0.39, 0.29) is 5.91 Å². The fourth-order valence-electron chi connectivity index (χ4n) is 2.69. The Hall–Kier alpha value is -2.02. The molecule has 3 aromatic rings. The number of nitrogens with zero attached hydrogens (tertiary/aromatic N) is 3. The predicted octanol–water partition coefficient (Wildman–Crippen LogP) is 4.75. The van der Waals surface area contributed by atoms with Crippen LogP contribution in [-0.4, -0.2) is 42.0 Å². The van der Waals surface area contributed by atoms with Crippen molar-refractivity contribution in [1.29, 1.82) is 0 Å². The van der Waals surface area contributed by atoms with Crippen LogP contribution >= 0.6 is 22.7 Å². The van der Waals surface area contributed by atoms with Crippen LogP contribution in [0.3, 0.4) is 0 Å². The number of thiophene rings is 1. The number of benzene rings is 1. The molecule has 0 radical (unpaired) electrons. The number of aromatic nitrogens is 1. The number of para-hydroxylation sites is 1. The average Bonchev–Trinajstić information content (AvgIpc) is 3.32. The minimum Gasteiger partial charge on any atom is -0.302 e. The first kappa shape index (κ1) is 18.8. The van der Waals surface area contributed by atoms with Crippen LogP contribution in [0.15, 0.2) is 47.9 Å². The van der Waals surface area contributed by atoms with E-state index in [1.54, 1.807) is 33.6 Å². The van der Waals surface area contributed by atoms with Crippen LogP contribution in [0.4, 0.5) is 5.13 Å². The van der Waals surface area contributed by atoms with Gasteiger partial charge in [0, 0.05) is 24.0 Å². The number of anilines is 1. The Balaban J connectivity index is 1.83. The quantitative estimate of drug-likeness (QED) is 0.525. The number of hydrogen-bond acceptors (Lipinski definition) is 5. The molecule has 6 heteroatoms. The molecule has 2 aromatic heterocycles. The van der Waals surface area contributed by atoms with E-state index in [4.69, 9.17) is 0 Å². The molecular weight excluding hydrogens is 362 g/mol. The van der Waals surface area contributed by atoms with Gasteiger partial charge in [-0.1, -0.05) is 43.4 Å². The molecular formula is C20H23N3OS2. The highest BCUT2D eigenvalue weighted by atomic mass is 32.1. The predicted molar refractivity (Wildman–Crippen MR) is 113 cm³/mol. The molecule has 1 amide bonds. The van der Waals surface area contributed by atoms with Gasteiger partial charge in [-0.25, -0.2) is 4.98 Å². The van der Waals surface area contributed by atoms with E-state index in [9.17, 15) is 4.79 Å². The molecule has 0 atom stereocenters. The molecule has 136 valence electrons. The van der Waals surface area contributed by atoms with Gasteiger partial charge >= 0.3 is 0 Å². The van der Waals surface area contributed by atoms with Gasteiger partial charge in [-0.2, -0.15) is 0 Å². The molecule has 0 aliphatic rings. The van der Waals surface area contributed by atoms with Crippen LogP contribution in [0.2, 0.25) is 0 Å². The van der Waals surface area contributed by atoms with Gasteiger partial charge in [0.1, 0.15) is 0 Å². The molecule has 1 aromatic carbocycles. The fraction of sp³-hybridized carbons (Fsp3) is 0.300. The van der Waals surface area contributed by atoms with E-state index >= 15 is 0 Å². The summed E-state index contributed by atoms with van der Waals surface area (Å²) in [5.74, 6) is -0.0235. The summed E-state index contributed by atoms with van der Waals surface area (Å²) in [6, 6.07) is 12.0. The minimum atomic E-state index is -0.0235. The number of amides is 1. The van der Waals surface area contributed by atoms with Crippen molar-refractivity contribution in [2.24, 2.45) is 0 Å². The molecule has 0 aliphatic carbocycles. The Morgan fingerprint density at radius 2 is 1.92 bits per heavy atom. The first-order valence-corrected chi connectivity index (χ1v) is 10.5. The third-order valence-corrected chi connectivity index (χ3v) is 6.14. The van der Waals surface area contributed by atoms with Crippen molar-refractivity contribution >= 4 is 50.0 Å². The number of likely N-dealkylation sites (N-methyl/N-ethyl adjacent to an activating group) is 1. The number of carbonyl (C=O) groups is 1. The third-order valence-electron chi connectivity index (χ3n) is 4.25. The first-order chi connectivity index (χ1) is 12.7. The van der Waals surface area contributed by atoms with Crippen LogP contribution < -0.4 is 4.90 Å². The standard InChI is InChI=1S/C20H23N3OS2/c1-3-22(4-2)13-14-23(19(24)12-11-16-8-7-15-25-16)20-21-17-9-5-6-10-18(17)26-20/h5-12,15H,3-4,13-14H2,1-2H3/b12-11+. The molecule has 3 rings (SSSR count). The lowest BCUT2D eigenvalue weighted by Crippen LogP contribution is -2.38. The van der Waals surface area contributed by atoms with Crippen LogP contribution in [0.1, 0.15) is 18.7 Å². The number of fused-ring (bicyclic) bond motifs is 1. The highest BCUT2D eigenvalue weighted by molar-refractivity contribution is 7.22. The van der Waals surface area contributed by atoms with Gasteiger partial charge in [-0.15, -0.1) is 11.3 Å². The lowest BCUT2D eigenvalue weighted by Gasteiger charge is -2.23. The summed E-state index contributed by atoms with van der Waals surface area (Å²) in [5, 5.41) is 2.77. The molecule has 0 aliphatic heterocycles. The van der Waals surface area contributed by atoms with Gasteiger partial charge in [0.25, 0.3) is 5.91 Å². The van der Waals surface area contributed by atoms with E-state index in [0.29, 0.717) is 6.54 Å². The lowest BCUT2D eigenvalue weighted by molar-refractivity contribution is -0.114. The summed E-state index contributed by atoms with van der Waals surface area (Å²) < 4.78 is 1.10. The van der Waals surface area contributed by atoms with Gasteiger partial charge in [-0.3, -0.25) is 9.69 Å². The summed E-state index contributed by atoms with van der Waals surface area (Å²) >= 11 is 3.19. The molecule has 0 saturated heterocycles. The van der Waals surface area contributed by atoms with Gasteiger partial charge < -0.3 is 4.90 Å².